The van der Waals surface area contributed by atoms with Crippen LogP contribution in [-0.2, 0) is 32.5 Å². The summed E-state index contributed by atoms with van der Waals surface area (Å²) in [5, 5.41) is 6.40. The van der Waals surface area contributed by atoms with Crippen molar-refractivity contribution in [2.45, 2.75) is 45.3 Å². The molecule has 1 aliphatic heterocycles. The lowest BCUT2D eigenvalue weighted by molar-refractivity contribution is 0.0951. The molecule has 3 nitrogen and oxygen atoms in total. The van der Waals surface area contributed by atoms with E-state index in [2.05, 4.69) is 41.0 Å². The standard InChI is InChI=1S/C20H22N2O/c23-20(17-8-7-15-3-1-2-4-16(15)10-17)22-11-14-5-6-18-12-21-13-19(18)9-14/h5-10,21H,1-4,11-13H2,(H,22,23). The first-order valence-electron chi connectivity index (χ1n) is 8.51. The van der Waals surface area contributed by atoms with Crippen LogP contribution >= 0.6 is 0 Å². The van der Waals surface area contributed by atoms with Gasteiger partial charge < -0.3 is 10.6 Å². The Morgan fingerprint density at radius 2 is 1.70 bits per heavy atom. The maximum absolute atomic E-state index is 12.4. The van der Waals surface area contributed by atoms with Gasteiger partial charge in [-0.2, -0.15) is 0 Å². The number of benzene rings is 2. The fraction of sp³-hybridized carbons (Fsp3) is 0.350. The number of hydrogen-bond acceptors (Lipinski definition) is 2. The van der Waals surface area contributed by atoms with E-state index in [4.69, 9.17) is 0 Å². The Bertz CT molecular complexity index is 751. The predicted octanol–water partition coefficient (Wildman–Crippen LogP) is 3.10. The zero-order chi connectivity index (χ0) is 15.6. The smallest absolute Gasteiger partial charge is 0.251 e. The van der Waals surface area contributed by atoms with Crippen LogP contribution in [0.2, 0.25) is 0 Å². The summed E-state index contributed by atoms with van der Waals surface area (Å²) >= 11 is 0. The molecule has 4 rings (SSSR count). The summed E-state index contributed by atoms with van der Waals surface area (Å²) in [6.07, 6.45) is 4.77. The number of aryl methyl sites for hydroxylation is 2. The van der Waals surface area contributed by atoms with Crippen LogP contribution in [0.15, 0.2) is 36.4 Å². The molecular formula is C20H22N2O. The lowest BCUT2D eigenvalue weighted by Crippen LogP contribution is -2.23. The van der Waals surface area contributed by atoms with E-state index in [-0.39, 0.29) is 5.91 Å². The summed E-state index contributed by atoms with van der Waals surface area (Å²) in [5.41, 5.74) is 7.44. The Balaban J connectivity index is 1.44. The van der Waals surface area contributed by atoms with Gasteiger partial charge in [-0.05, 0) is 65.6 Å². The fourth-order valence-electron chi connectivity index (χ4n) is 3.62. The first kappa shape index (κ1) is 14.5. The minimum atomic E-state index is 0.0250. The Morgan fingerprint density at radius 3 is 2.61 bits per heavy atom. The maximum Gasteiger partial charge on any atom is 0.251 e. The second-order valence-corrected chi connectivity index (χ2v) is 6.58. The van der Waals surface area contributed by atoms with Gasteiger partial charge in [0.25, 0.3) is 5.91 Å². The molecule has 0 aromatic heterocycles. The van der Waals surface area contributed by atoms with Gasteiger partial charge in [-0.3, -0.25) is 4.79 Å². The van der Waals surface area contributed by atoms with Crippen molar-refractivity contribution in [2.75, 3.05) is 0 Å². The van der Waals surface area contributed by atoms with Gasteiger partial charge in [0.05, 0.1) is 0 Å². The van der Waals surface area contributed by atoms with Crippen molar-refractivity contribution in [2.24, 2.45) is 0 Å². The third-order valence-corrected chi connectivity index (χ3v) is 4.97. The van der Waals surface area contributed by atoms with Gasteiger partial charge in [0.1, 0.15) is 0 Å². The number of carbonyl (C=O) groups excluding carboxylic acids is 1. The summed E-state index contributed by atoms with van der Waals surface area (Å²) < 4.78 is 0. The molecule has 118 valence electrons. The van der Waals surface area contributed by atoms with E-state index in [1.54, 1.807) is 0 Å². The molecule has 3 heteroatoms. The monoisotopic (exact) mass is 306 g/mol. The van der Waals surface area contributed by atoms with Crippen molar-refractivity contribution in [3.8, 4) is 0 Å². The van der Waals surface area contributed by atoms with Crippen molar-refractivity contribution >= 4 is 5.91 Å². The van der Waals surface area contributed by atoms with Gasteiger partial charge in [-0.25, -0.2) is 0 Å². The van der Waals surface area contributed by atoms with Crippen LogP contribution in [0.25, 0.3) is 0 Å². The lowest BCUT2D eigenvalue weighted by atomic mass is 9.90. The molecule has 0 unspecified atom stereocenters. The molecule has 2 aliphatic rings. The molecule has 0 radical (unpaired) electrons. The highest BCUT2D eigenvalue weighted by molar-refractivity contribution is 5.94. The first-order valence-corrected chi connectivity index (χ1v) is 8.51. The van der Waals surface area contributed by atoms with Gasteiger partial charge in [-0.15, -0.1) is 0 Å². The van der Waals surface area contributed by atoms with E-state index in [1.165, 1.54) is 40.7 Å². The van der Waals surface area contributed by atoms with Crippen LogP contribution in [0.5, 0.6) is 0 Å². The largest absolute Gasteiger partial charge is 0.348 e. The SMILES string of the molecule is O=C(NCc1ccc2c(c1)CNC2)c1ccc2c(c1)CCCC2. The first-order chi connectivity index (χ1) is 11.3. The Morgan fingerprint density at radius 1 is 0.913 bits per heavy atom. The van der Waals surface area contributed by atoms with Gasteiger partial charge >= 0.3 is 0 Å². The van der Waals surface area contributed by atoms with Crippen molar-refractivity contribution < 1.29 is 4.79 Å². The molecule has 2 aromatic rings. The third kappa shape index (κ3) is 3.02. The Kier molecular flexibility index (Phi) is 3.88. The highest BCUT2D eigenvalue weighted by atomic mass is 16.1. The summed E-state index contributed by atoms with van der Waals surface area (Å²) in [5.74, 6) is 0.0250. The van der Waals surface area contributed by atoms with Crippen molar-refractivity contribution in [3.63, 3.8) is 0 Å². The molecule has 2 aromatic carbocycles. The highest BCUT2D eigenvalue weighted by Crippen LogP contribution is 2.22. The lowest BCUT2D eigenvalue weighted by Gasteiger charge is -2.16. The summed E-state index contributed by atoms with van der Waals surface area (Å²) in [7, 11) is 0. The van der Waals surface area contributed by atoms with Crippen molar-refractivity contribution in [1.29, 1.82) is 0 Å². The minimum Gasteiger partial charge on any atom is -0.348 e. The van der Waals surface area contributed by atoms with Gasteiger partial charge in [0.15, 0.2) is 0 Å². The number of nitrogens with one attached hydrogen (secondary N) is 2. The fourth-order valence-corrected chi connectivity index (χ4v) is 3.62. The zero-order valence-corrected chi connectivity index (χ0v) is 13.3. The molecule has 0 bridgehead atoms. The van der Waals surface area contributed by atoms with Gasteiger partial charge in [-0.1, -0.05) is 24.3 Å². The average Bonchev–Trinajstić information content (AvgIpc) is 3.07. The molecule has 2 N–H and O–H groups in total. The van der Waals surface area contributed by atoms with Crippen LogP contribution in [0, 0.1) is 0 Å². The number of amides is 1. The maximum atomic E-state index is 12.4. The Labute approximate surface area is 137 Å². The van der Waals surface area contributed by atoms with E-state index in [9.17, 15) is 4.79 Å². The van der Waals surface area contributed by atoms with Gasteiger partial charge in [0, 0.05) is 25.2 Å². The number of rotatable bonds is 3. The topological polar surface area (TPSA) is 41.1 Å². The summed E-state index contributed by atoms with van der Waals surface area (Å²) in [4.78, 5) is 12.4. The van der Waals surface area contributed by atoms with Crippen LogP contribution in [0.4, 0.5) is 0 Å². The number of fused-ring (bicyclic) bond motifs is 2. The van der Waals surface area contributed by atoms with E-state index < -0.39 is 0 Å². The Hall–Kier alpha value is -2.13. The molecule has 23 heavy (non-hydrogen) atoms. The molecule has 0 spiro atoms. The summed E-state index contributed by atoms with van der Waals surface area (Å²) in [6.45, 7) is 2.47. The van der Waals surface area contributed by atoms with E-state index in [0.29, 0.717) is 6.54 Å². The van der Waals surface area contributed by atoms with E-state index in [1.807, 2.05) is 6.07 Å². The zero-order valence-electron chi connectivity index (χ0n) is 13.3. The predicted molar refractivity (Wildman–Crippen MR) is 91.2 cm³/mol. The second kappa shape index (κ2) is 6.17. The molecule has 0 atom stereocenters. The third-order valence-electron chi connectivity index (χ3n) is 4.97. The second-order valence-electron chi connectivity index (χ2n) is 6.58. The molecule has 0 saturated carbocycles. The molecule has 1 amide bonds. The van der Waals surface area contributed by atoms with Crippen LogP contribution in [0.1, 0.15) is 51.0 Å². The molecule has 0 saturated heterocycles. The van der Waals surface area contributed by atoms with Gasteiger partial charge in [0.2, 0.25) is 0 Å². The van der Waals surface area contributed by atoms with E-state index >= 15 is 0 Å². The molecule has 1 heterocycles. The average molecular weight is 306 g/mol. The van der Waals surface area contributed by atoms with Crippen LogP contribution < -0.4 is 10.6 Å². The van der Waals surface area contributed by atoms with Crippen molar-refractivity contribution in [3.05, 3.63) is 69.8 Å². The van der Waals surface area contributed by atoms with Crippen LogP contribution in [-0.4, -0.2) is 5.91 Å². The minimum absolute atomic E-state index is 0.0250. The van der Waals surface area contributed by atoms with Crippen LogP contribution in [0.3, 0.4) is 0 Å². The molecular weight excluding hydrogens is 284 g/mol. The normalized spacial score (nSPS) is 15.8. The molecule has 0 fully saturated rings. The highest BCUT2D eigenvalue weighted by Gasteiger charge is 2.13. The number of hydrogen-bond donors (Lipinski definition) is 2. The van der Waals surface area contributed by atoms with E-state index in [0.717, 1.165) is 31.5 Å². The summed E-state index contributed by atoms with van der Waals surface area (Å²) in [6, 6.07) is 12.6. The quantitative estimate of drug-likeness (QED) is 0.915. The number of carbonyl (C=O) groups is 1. The molecule has 1 aliphatic carbocycles. The van der Waals surface area contributed by atoms with Crippen molar-refractivity contribution in [1.82, 2.24) is 10.6 Å².